The van der Waals surface area contributed by atoms with Crippen molar-refractivity contribution >= 4 is 55.2 Å². The van der Waals surface area contributed by atoms with E-state index in [1.54, 1.807) is 55.6 Å². The van der Waals surface area contributed by atoms with E-state index in [0.717, 1.165) is 5.01 Å². The van der Waals surface area contributed by atoms with Gasteiger partial charge in [0.2, 0.25) is 0 Å². The molecule has 0 aliphatic carbocycles. The molecule has 2 aromatic heterocycles. The summed E-state index contributed by atoms with van der Waals surface area (Å²) >= 11 is 7.88. The molecule has 0 aliphatic rings. The Labute approximate surface area is 263 Å². The molecule has 0 saturated carbocycles. The van der Waals surface area contributed by atoms with Gasteiger partial charge in [0.15, 0.2) is 9.84 Å². The third kappa shape index (κ3) is 7.86. The average molecular weight is 658 g/mol. The minimum atomic E-state index is -3.09. The Bertz CT molecular complexity index is 1890. The topological polar surface area (TPSA) is 106 Å². The number of nitrogens with zero attached hydrogens (tertiary/aromatic N) is 3. The Hall–Kier alpha value is -3.71. The predicted octanol–water partition coefficient (Wildman–Crippen LogP) is 6.96. The smallest absolute Gasteiger partial charge is 0.153 e. The maximum atomic E-state index is 15.2. The molecule has 0 bridgehead atoms. The van der Waals surface area contributed by atoms with E-state index in [-0.39, 0.29) is 18.2 Å². The lowest BCUT2D eigenvalue weighted by Gasteiger charge is -2.12. The van der Waals surface area contributed by atoms with Gasteiger partial charge < -0.3 is 15.4 Å². The summed E-state index contributed by atoms with van der Waals surface area (Å²) in [4.78, 5) is 13.2. The summed E-state index contributed by atoms with van der Waals surface area (Å²) in [5.41, 5.74) is 2.53. The van der Waals surface area contributed by atoms with Crippen LogP contribution in [0.4, 0.5) is 20.3 Å². The van der Waals surface area contributed by atoms with Crippen LogP contribution >= 0.6 is 22.9 Å². The molecule has 2 heterocycles. The van der Waals surface area contributed by atoms with Crippen molar-refractivity contribution in [2.75, 3.05) is 24.2 Å². The van der Waals surface area contributed by atoms with Crippen LogP contribution in [-0.4, -0.2) is 47.5 Å². The van der Waals surface area contributed by atoms with Crippen LogP contribution in [0.1, 0.15) is 24.4 Å². The molecule has 5 rings (SSSR count). The van der Waals surface area contributed by atoms with E-state index in [1.807, 2.05) is 0 Å². The van der Waals surface area contributed by atoms with Crippen molar-refractivity contribution < 1.29 is 21.9 Å². The number of benzene rings is 3. The van der Waals surface area contributed by atoms with Crippen LogP contribution in [-0.2, 0) is 22.9 Å². The second-order valence-electron chi connectivity index (χ2n) is 10.3. The molecule has 8 nitrogen and oxygen atoms in total. The fourth-order valence-electron chi connectivity index (χ4n) is 4.31. The van der Waals surface area contributed by atoms with Gasteiger partial charge in [-0.25, -0.2) is 32.2 Å². The first-order chi connectivity index (χ1) is 21.1. The number of fused-ring (bicyclic) bond motifs is 1. The van der Waals surface area contributed by atoms with Gasteiger partial charge in [0.25, 0.3) is 0 Å². The van der Waals surface area contributed by atoms with Gasteiger partial charge in [0, 0.05) is 47.6 Å². The molecular weight excluding hydrogens is 628 g/mol. The third-order valence-corrected chi connectivity index (χ3v) is 10.2. The zero-order chi connectivity index (χ0) is 31.3. The van der Waals surface area contributed by atoms with Gasteiger partial charge in [0.1, 0.15) is 36.1 Å². The summed E-state index contributed by atoms with van der Waals surface area (Å²) in [6, 6.07) is 14.3. The highest BCUT2D eigenvalue weighted by Gasteiger charge is 2.16. The maximum Gasteiger partial charge on any atom is 0.153 e. The number of nitrogens with one attached hydrogen (secondary N) is 2. The second kappa shape index (κ2) is 13.9. The molecule has 0 unspecified atom stereocenters. The third-order valence-electron chi connectivity index (χ3n) is 6.83. The molecule has 2 N–H and O–H groups in total. The van der Waals surface area contributed by atoms with Crippen molar-refractivity contribution in [2.24, 2.45) is 0 Å². The molecule has 0 fully saturated rings. The molecule has 0 spiro atoms. The lowest BCUT2D eigenvalue weighted by Crippen LogP contribution is -2.28. The number of hydrogen-bond acceptors (Lipinski definition) is 9. The molecule has 0 amide bonds. The average Bonchev–Trinajstić information content (AvgIpc) is 3.45. The molecule has 0 saturated heterocycles. The number of ether oxygens (including phenoxy) is 1. The standard InChI is InChI=1S/C31H30ClF2N5O3S2/c1-19(2)44(40,41)11-10-35-9-8-30-39-28(17-43-30)23-14-24-27(15-26(23)34)36-18-37-31(24)38-22-6-7-29(25(32)13-22)42-16-20-4-3-5-21(33)12-20/h3-7,12-15,17-19,35H,8-11,16H2,1-2H3,(H,36,37,38). The number of halogens is 3. The van der Waals surface area contributed by atoms with Gasteiger partial charge in [-0.15, -0.1) is 11.3 Å². The van der Waals surface area contributed by atoms with Crippen LogP contribution in [0.2, 0.25) is 5.02 Å². The first kappa shape index (κ1) is 31.7. The monoisotopic (exact) mass is 657 g/mol. The van der Waals surface area contributed by atoms with Crippen molar-refractivity contribution in [1.82, 2.24) is 20.3 Å². The lowest BCUT2D eigenvalue weighted by atomic mass is 10.1. The fourth-order valence-corrected chi connectivity index (χ4v) is 6.25. The highest BCUT2D eigenvalue weighted by molar-refractivity contribution is 7.92. The Morgan fingerprint density at radius 2 is 1.89 bits per heavy atom. The van der Waals surface area contributed by atoms with Crippen LogP contribution in [0.25, 0.3) is 22.2 Å². The van der Waals surface area contributed by atoms with Crippen LogP contribution in [0.15, 0.2) is 66.3 Å². The zero-order valence-electron chi connectivity index (χ0n) is 24.0. The first-order valence-electron chi connectivity index (χ1n) is 13.8. The molecular formula is C31H30ClF2N5O3S2. The SMILES string of the molecule is CC(C)S(=O)(=O)CCNCCc1nc(-c2cc3c(Nc4ccc(OCc5cccc(F)c5)c(Cl)c4)ncnc3cc2F)cs1. The van der Waals surface area contributed by atoms with E-state index in [0.29, 0.717) is 69.5 Å². The molecule has 230 valence electrons. The summed E-state index contributed by atoms with van der Waals surface area (Å²) in [6.45, 7) is 4.42. The number of anilines is 2. The largest absolute Gasteiger partial charge is 0.487 e. The molecule has 0 aliphatic heterocycles. The zero-order valence-corrected chi connectivity index (χ0v) is 26.4. The number of thiazole rings is 1. The highest BCUT2D eigenvalue weighted by atomic mass is 35.5. The van der Waals surface area contributed by atoms with Gasteiger partial charge in [-0.1, -0.05) is 23.7 Å². The van der Waals surface area contributed by atoms with E-state index in [9.17, 15) is 12.8 Å². The van der Waals surface area contributed by atoms with Crippen LogP contribution < -0.4 is 15.4 Å². The molecule has 5 aromatic rings. The van der Waals surface area contributed by atoms with Crippen molar-refractivity contribution in [3.05, 3.63) is 93.5 Å². The normalized spacial score (nSPS) is 11.8. The summed E-state index contributed by atoms with van der Waals surface area (Å²) < 4.78 is 58.3. The van der Waals surface area contributed by atoms with Crippen molar-refractivity contribution in [1.29, 1.82) is 0 Å². The minimum absolute atomic E-state index is 0.0786. The van der Waals surface area contributed by atoms with Crippen LogP contribution in [0, 0.1) is 11.6 Å². The van der Waals surface area contributed by atoms with E-state index in [2.05, 4.69) is 25.6 Å². The molecule has 44 heavy (non-hydrogen) atoms. The number of aromatic nitrogens is 3. The quantitative estimate of drug-likeness (QED) is 0.131. The summed E-state index contributed by atoms with van der Waals surface area (Å²) in [5.74, 6) is 0.174. The molecule has 3 aromatic carbocycles. The highest BCUT2D eigenvalue weighted by Crippen LogP contribution is 2.34. The number of sulfone groups is 1. The molecule has 13 heteroatoms. The van der Waals surface area contributed by atoms with Crippen molar-refractivity contribution in [3.63, 3.8) is 0 Å². The minimum Gasteiger partial charge on any atom is -0.487 e. The predicted molar refractivity (Wildman–Crippen MR) is 172 cm³/mol. The van der Waals surface area contributed by atoms with Gasteiger partial charge in [-0.2, -0.15) is 0 Å². The Kier molecular flexibility index (Phi) is 10.0. The fraction of sp³-hybridized carbons (Fsp3) is 0.258. The first-order valence-corrected chi connectivity index (χ1v) is 16.8. The summed E-state index contributed by atoms with van der Waals surface area (Å²) in [6.07, 6.45) is 1.93. The van der Waals surface area contributed by atoms with Crippen molar-refractivity contribution in [3.8, 4) is 17.0 Å². The summed E-state index contributed by atoms with van der Waals surface area (Å²) in [5, 5.41) is 9.50. The van der Waals surface area contributed by atoms with Gasteiger partial charge >= 0.3 is 0 Å². The van der Waals surface area contributed by atoms with Gasteiger partial charge in [-0.3, -0.25) is 0 Å². The number of rotatable bonds is 13. The van der Waals surface area contributed by atoms with E-state index in [4.69, 9.17) is 16.3 Å². The van der Waals surface area contributed by atoms with E-state index < -0.39 is 20.9 Å². The Morgan fingerprint density at radius 3 is 2.66 bits per heavy atom. The second-order valence-corrected chi connectivity index (χ2v) is 14.3. The maximum absolute atomic E-state index is 15.2. The van der Waals surface area contributed by atoms with Gasteiger partial charge in [-0.05, 0) is 55.8 Å². The van der Waals surface area contributed by atoms with Crippen molar-refractivity contribution in [2.45, 2.75) is 32.1 Å². The van der Waals surface area contributed by atoms with E-state index in [1.165, 1.54) is 35.9 Å². The Morgan fingerprint density at radius 1 is 1.05 bits per heavy atom. The molecule has 0 atom stereocenters. The van der Waals surface area contributed by atoms with Crippen LogP contribution in [0.5, 0.6) is 5.75 Å². The number of hydrogen-bond donors (Lipinski definition) is 2. The Balaban J connectivity index is 1.27. The summed E-state index contributed by atoms with van der Waals surface area (Å²) in [7, 11) is -3.09. The lowest BCUT2D eigenvalue weighted by molar-refractivity contribution is 0.306. The van der Waals surface area contributed by atoms with Crippen LogP contribution in [0.3, 0.4) is 0 Å². The van der Waals surface area contributed by atoms with Gasteiger partial charge in [0.05, 0.1) is 32.2 Å². The molecule has 0 radical (unpaired) electrons. The van der Waals surface area contributed by atoms with E-state index >= 15 is 4.39 Å².